The summed E-state index contributed by atoms with van der Waals surface area (Å²) in [6.45, 7) is 0. The van der Waals surface area contributed by atoms with Crippen molar-refractivity contribution >= 4 is 5.97 Å². The Balaban J connectivity index is 2.05. The Morgan fingerprint density at radius 3 is 2.75 bits per heavy atom. The fourth-order valence-electron chi connectivity index (χ4n) is 3.45. The van der Waals surface area contributed by atoms with Gasteiger partial charge in [0.25, 0.3) is 0 Å². The zero-order valence-electron chi connectivity index (χ0n) is 11.6. The van der Waals surface area contributed by atoms with Crippen molar-refractivity contribution < 1.29 is 24.1 Å². The molecule has 1 aromatic rings. The van der Waals surface area contributed by atoms with Gasteiger partial charge in [0.15, 0.2) is 11.5 Å². The zero-order chi connectivity index (χ0) is 14.3. The minimum Gasteiger partial charge on any atom is -0.493 e. The van der Waals surface area contributed by atoms with Crippen LogP contribution in [0.15, 0.2) is 18.2 Å². The number of methoxy groups -OCH3 is 2. The van der Waals surface area contributed by atoms with E-state index in [0.29, 0.717) is 24.3 Å². The topological polar surface area (TPSA) is 65.0 Å². The molecule has 1 aliphatic carbocycles. The summed E-state index contributed by atoms with van der Waals surface area (Å²) >= 11 is 0. The number of aliphatic hydroxyl groups is 1. The Hall–Kier alpha value is -1.75. The molecule has 3 atom stereocenters. The van der Waals surface area contributed by atoms with Gasteiger partial charge in [-0.1, -0.05) is 6.07 Å². The maximum Gasteiger partial charge on any atom is 0.307 e. The fraction of sp³-hybridized carbons (Fsp3) is 0.533. The summed E-state index contributed by atoms with van der Waals surface area (Å²) in [6, 6.07) is 5.63. The van der Waals surface area contributed by atoms with E-state index < -0.39 is 17.6 Å². The van der Waals surface area contributed by atoms with Crippen molar-refractivity contribution in [2.75, 3.05) is 14.2 Å². The van der Waals surface area contributed by atoms with Gasteiger partial charge in [-0.25, -0.2) is 0 Å². The van der Waals surface area contributed by atoms with E-state index in [4.69, 9.17) is 14.2 Å². The number of hydrogen-bond donors (Lipinski definition) is 1. The average Bonchev–Trinajstić information content (AvgIpc) is 2.95. The van der Waals surface area contributed by atoms with E-state index in [1.54, 1.807) is 14.2 Å². The summed E-state index contributed by atoms with van der Waals surface area (Å²) in [5, 5.41) is 10.0. The molecule has 1 heterocycles. The number of aliphatic hydroxyl groups excluding tert-OH is 1. The molecular weight excluding hydrogens is 260 g/mol. The van der Waals surface area contributed by atoms with Gasteiger partial charge >= 0.3 is 5.97 Å². The summed E-state index contributed by atoms with van der Waals surface area (Å²) in [4.78, 5) is 11.7. The van der Waals surface area contributed by atoms with Gasteiger partial charge in [0.1, 0.15) is 6.10 Å². The number of benzene rings is 1. The van der Waals surface area contributed by atoms with Crippen LogP contribution < -0.4 is 9.47 Å². The number of esters is 1. The van der Waals surface area contributed by atoms with Crippen LogP contribution in [0.1, 0.15) is 24.8 Å². The first-order valence-electron chi connectivity index (χ1n) is 6.71. The molecule has 108 valence electrons. The first-order valence-corrected chi connectivity index (χ1v) is 6.71. The van der Waals surface area contributed by atoms with Crippen LogP contribution in [0.3, 0.4) is 0 Å². The number of carbonyl (C=O) groups is 1. The van der Waals surface area contributed by atoms with Crippen molar-refractivity contribution in [3.05, 3.63) is 23.8 Å². The molecule has 1 N–H and O–H groups in total. The molecule has 1 saturated heterocycles. The lowest BCUT2D eigenvalue weighted by Crippen LogP contribution is -2.35. The molecule has 20 heavy (non-hydrogen) atoms. The predicted octanol–water partition coefficient (Wildman–Crippen LogP) is 1.41. The number of rotatable bonds is 3. The lowest BCUT2D eigenvalue weighted by Gasteiger charge is -2.28. The molecule has 0 aromatic heterocycles. The highest BCUT2D eigenvalue weighted by atomic mass is 16.6. The lowest BCUT2D eigenvalue weighted by molar-refractivity contribution is -0.145. The Morgan fingerprint density at radius 1 is 1.30 bits per heavy atom. The number of hydrogen-bond acceptors (Lipinski definition) is 5. The number of carbonyl (C=O) groups excluding carboxylic acids is 1. The molecule has 0 radical (unpaired) electrons. The highest BCUT2D eigenvalue weighted by Crippen LogP contribution is 2.51. The van der Waals surface area contributed by atoms with Gasteiger partial charge in [0.2, 0.25) is 0 Å². The van der Waals surface area contributed by atoms with E-state index in [0.717, 1.165) is 12.0 Å². The van der Waals surface area contributed by atoms with Crippen LogP contribution in [0, 0.1) is 0 Å². The van der Waals surface area contributed by atoms with Gasteiger partial charge in [-0.15, -0.1) is 0 Å². The molecule has 0 amide bonds. The monoisotopic (exact) mass is 278 g/mol. The van der Waals surface area contributed by atoms with Crippen LogP contribution in [0.25, 0.3) is 0 Å². The first kappa shape index (κ1) is 13.2. The molecule has 0 bridgehead atoms. The Bertz CT molecular complexity index is 541. The van der Waals surface area contributed by atoms with Gasteiger partial charge in [-0.2, -0.15) is 0 Å². The summed E-state index contributed by atoms with van der Waals surface area (Å²) in [6.07, 6.45) is 0.652. The van der Waals surface area contributed by atoms with Crippen LogP contribution >= 0.6 is 0 Å². The van der Waals surface area contributed by atoms with Gasteiger partial charge in [-0.05, 0) is 30.5 Å². The molecule has 1 unspecified atom stereocenters. The molecular formula is C15H18O5. The van der Waals surface area contributed by atoms with Crippen molar-refractivity contribution in [2.45, 2.75) is 36.9 Å². The molecule has 1 saturated carbocycles. The summed E-state index contributed by atoms with van der Waals surface area (Å²) < 4.78 is 15.9. The third-order valence-corrected chi connectivity index (χ3v) is 4.46. The van der Waals surface area contributed by atoms with Crippen LogP contribution in [-0.4, -0.2) is 37.5 Å². The highest BCUT2D eigenvalue weighted by molar-refractivity contribution is 5.75. The van der Waals surface area contributed by atoms with Crippen LogP contribution in [0.2, 0.25) is 0 Å². The van der Waals surface area contributed by atoms with E-state index in [1.165, 1.54) is 0 Å². The van der Waals surface area contributed by atoms with Crippen molar-refractivity contribution in [2.24, 2.45) is 0 Å². The van der Waals surface area contributed by atoms with E-state index in [2.05, 4.69) is 0 Å². The first-order chi connectivity index (χ1) is 9.60. The average molecular weight is 278 g/mol. The second-order valence-electron chi connectivity index (χ2n) is 5.42. The molecule has 2 aliphatic rings. The Kier molecular flexibility index (Phi) is 3.09. The predicted molar refractivity (Wildman–Crippen MR) is 71.0 cm³/mol. The third-order valence-electron chi connectivity index (χ3n) is 4.46. The maximum atomic E-state index is 11.7. The third kappa shape index (κ3) is 1.77. The van der Waals surface area contributed by atoms with Gasteiger partial charge in [0, 0.05) is 5.41 Å². The molecule has 2 fully saturated rings. The molecule has 5 nitrogen and oxygen atoms in total. The van der Waals surface area contributed by atoms with Gasteiger partial charge in [-0.3, -0.25) is 4.79 Å². The standard InChI is InChI=1S/C15H18O5/c1-18-11-4-3-9(7-12(11)19-2)15-6-5-10(16)14(15)20-13(17)8-15/h3-4,7,10,14,16H,5-6,8H2,1-2H3/t10-,14?,15-/m0/s1. The lowest BCUT2D eigenvalue weighted by atomic mass is 9.76. The van der Waals surface area contributed by atoms with E-state index in [-0.39, 0.29) is 5.97 Å². The minimum atomic E-state index is -0.588. The second-order valence-corrected chi connectivity index (χ2v) is 5.42. The van der Waals surface area contributed by atoms with Gasteiger partial charge in [0.05, 0.1) is 26.7 Å². The van der Waals surface area contributed by atoms with E-state index in [1.807, 2.05) is 18.2 Å². The summed E-state index contributed by atoms with van der Waals surface area (Å²) in [5.41, 5.74) is 0.526. The number of fused-ring (bicyclic) bond motifs is 1. The van der Waals surface area contributed by atoms with E-state index >= 15 is 0 Å². The molecule has 3 rings (SSSR count). The van der Waals surface area contributed by atoms with Crippen LogP contribution in [0.5, 0.6) is 11.5 Å². The summed E-state index contributed by atoms with van der Waals surface area (Å²) in [7, 11) is 3.16. The Labute approximate surface area is 117 Å². The summed E-state index contributed by atoms with van der Waals surface area (Å²) in [5.74, 6) is 1.02. The maximum absolute atomic E-state index is 11.7. The molecule has 5 heteroatoms. The largest absolute Gasteiger partial charge is 0.493 e. The van der Waals surface area contributed by atoms with Crippen molar-refractivity contribution in [1.82, 2.24) is 0 Å². The van der Waals surface area contributed by atoms with E-state index in [9.17, 15) is 9.90 Å². The van der Waals surface area contributed by atoms with Crippen LogP contribution in [0.4, 0.5) is 0 Å². The second kappa shape index (κ2) is 4.66. The molecule has 1 aromatic carbocycles. The highest BCUT2D eigenvalue weighted by Gasteiger charge is 2.57. The quantitative estimate of drug-likeness (QED) is 0.847. The molecule has 0 spiro atoms. The van der Waals surface area contributed by atoms with Crippen LogP contribution in [-0.2, 0) is 14.9 Å². The van der Waals surface area contributed by atoms with Crippen molar-refractivity contribution in [1.29, 1.82) is 0 Å². The smallest absolute Gasteiger partial charge is 0.307 e. The Morgan fingerprint density at radius 2 is 2.05 bits per heavy atom. The zero-order valence-corrected chi connectivity index (χ0v) is 11.6. The fourth-order valence-corrected chi connectivity index (χ4v) is 3.45. The van der Waals surface area contributed by atoms with Crippen molar-refractivity contribution in [3.63, 3.8) is 0 Å². The SMILES string of the molecule is COc1ccc([C@@]23CC[C@H](O)C2OC(=O)C3)cc1OC. The molecule has 1 aliphatic heterocycles. The van der Waals surface area contributed by atoms with Gasteiger partial charge < -0.3 is 19.3 Å². The normalized spacial score (nSPS) is 31.9. The number of ether oxygens (including phenoxy) is 3. The minimum absolute atomic E-state index is 0.247. The van der Waals surface area contributed by atoms with Crippen molar-refractivity contribution in [3.8, 4) is 11.5 Å².